The van der Waals surface area contributed by atoms with Crippen molar-refractivity contribution in [2.75, 3.05) is 0 Å². The van der Waals surface area contributed by atoms with Gasteiger partial charge in [0.2, 0.25) is 0 Å². The molecule has 30 heavy (non-hydrogen) atoms. The average molecular weight is 399 g/mol. The van der Waals surface area contributed by atoms with Gasteiger partial charge in [-0.05, 0) is 102 Å². The van der Waals surface area contributed by atoms with Crippen LogP contribution in [0.1, 0.15) is 70.4 Å². The largest absolute Gasteiger partial charge is 0.0952 e. The molecule has 1 unspecified atom stereocenters. The maximum atomic E-state index is 4.45. The Morgan fingerprint density at radius 1 is 1.10 bits per heavy atom. The van der Waals surface area contributed by atoms with Crippen molar-refractivity contribution >= 4 is 12.2 Å². The summed E-state index contributed by atoms with van der Waals surface area (Å²) in [5, 5.41) is 2.69. The molecule has 1 atom stereocenters. The molecule has 1 aliphatic rings. The fraction of sp³-hybridized carbons (Fsp3) is 0.400. The average Bonchev–Trinajstić information content (AvgIpc) is 2.75. The lowest BCUT2D eigenvalue weighted by atomic mass is 9.85. The molecular formula is C30H38. The van der Waals surface area contributed by atoms with E-state index in [4.69, 9.17) is 0 Å². The van der Waals surface area contributed by atoms with Crippen LogP contribution in [0.15, 0.2) is 60.2 Å². The molecule has 0 spiro atoms. The van der Waals surface area contributed by atoms with E-state index in [-0.39, 0.29) is 0 Å². The van der Waals surface area contributed by atoms with Crippen LogP contribution in [0.4, 0.5) is 0 Å². The summed E-state index contributed by atoms with van der Waals surface area (Å²) in [6.45, 7) is 13.4. The molecule has 0 amide bonds. The first-order chi connectivity index (χ1) is 14.5. The highest BCUT2D eigenvalue weighted by atomic mass is 14.2. The summed E-state index contributed by atoms with van der Waals surface area (Å²) in [6, 6.07) is 13.8. The monoisotopic (exact) mass is 398 g/mol. The minimum absolute atomic E-state index is 0.689. The number of benzene rings is 2. The van der Waals surface area contributed by atoms with Gasteiger partial charge in [-0.2, -0.15) is 0 Å². The molecule has 2 aromatic carbocycles. The Balaban J connectivity index is 1.88. The van der Waals surface area contributed by atoms with E-state index in [9.17, 15) is 0 Å². The van der Waals surface area contributed by atoms with E-state index in [0.29, 0.717) is 5.92 Å². The SMILES string of the molecule is C=C(Cc1cc(-c2ccc(=C\CCCC)/c(=C\C)c2)ccc1C)C1=CC(C)CCC1. The lowest BCUT2D eigenvalue weighted by Crippen LogP contribution is -2.23. The van der Waals surface area contributed by atoms with Crippen molar-refractivity contribution in [3.63, 3.8) is 0 Å². The molecule has 3 rings (SSSR count). The molecule has 0 aliphatic heterocycles. The summed E-state index contributed by atoms with van der Waals surface area (Å²) >= 11 is 0. The van der Waals surface area contributed by atoms with E-state index in [2.05, 4.69) is 88.9 Å². The summed E-state index contributed by atoms with van der Waals surface area (Å²) in [6.07, 6.45) is 15.5. The lowest BCUT2D eigenvalue weighted by Gasteiger charge is -2.20. The minimum Gasteiger partial charge on any atom is -0.0952 e. The minimum atomic E-state index is 0.689. The molecule has 0 radical (unpaired) electrons. The molecule has 0 N–H and O–H groups in total. The first kappa shape index (κ1) is 22.3. The Hall–Kier alpha value is -2.34. The summed E-state index contributed by atoms with van der Waals surface area (Å²) in [7, 11) is 0. The van der Waals surface area contributed by atoms with E-state index >= 15 is 0 Å². The number of allylic oxidation sites excluding steroid dienone is 3. The van der Waals surface area contributed by atoms with Crippen molar-refractivity contribution in [1.82, 2.24) is 0 Å². The predicted octanol–water partition coefficient (Wildman–Crippen LogP) is 7.28. The van der Waals surface area contributed by atoms with Crippen LogP contribution in [0, 0.1) is 12.8 Å². The van der Waals surface area contributed by atoms with Crippen molar-refractivity contribution in [2.45, 2.75) is 72.6 Å². The first-order valence-electron chi connectivity index (χ1n) is 11.8. The van der Waals surface area contributed by atoms with Crippen LogP contribution in [-0.4, -0.2) is 0 Å². The summed E-state index contributed by atoms with van der Waals surface area (Å²) in [5.74, 6) is 0.689. The van der Waals surface area contributed by atoms with Gasteiger partial charge < -0.3 is 0 Å². The van der Waals surface area contributed by atoms with Crippen molar-refractivity contribution < 1.29 is 0 Å². The quantitative estimate of drug-likeness (QED) is 0.430. The molecule has 2 aromatic rings. The summed E-state index contributed by atoms with van der Waals surface area (Å²) < 4.78 is 0. The van der Waals surface area contributed by atoms with Crippen LogP contribution >= 0.6 is 0 Å². The fourth-order valence-corrected chi connectivity index (χ4v) is 4.46. The van der Waals surface area contributed by atoms with Gasteiger partial charge >= 0.3 is 0 Å². The van der Waals surface area contributed by atoms with Crippen LogP contribution in [0.2, 0.25) is 0 Å². The predicted molar refractivity (Wildman–Crippen MR) is 134 cm³/mol. The second-order valence-corrected chi connectivity index (χ2v) is 8.96. The van der Waals surface area contributed by atoms with E-state index in [0.717, 1.165) is 12.8 Å². The second-order valence-electron chi connectivity index (χ2n) is 8.96. The summed E-state index contributed by atoms with van der Waals surface area (Å²) in [4.78, 5) is 0. The van der Waals surface area contributed by atoms with Gasteiger partial charge in [-0.15, -0.1) is 0 Å². The molecule has 0 heterocycles. The Morgan fingerprint density at radius 2 is 1.87 bits per heavy atom. The Bertz CT molecular complexity index is 1030. The molecule has 1 aliphatic carbocycles. The third-order valence-corrected chi connectivity index (χ3v) is 6.45. The molecule has 0 heteroatoms. The number of aryl methyl sites for hydroxylation is 1. The van der Waals surface area contributed by atoms with Crippen LogP contribution < -0.4 is 10.4 Å². The molecule has 0 saturated carbocycles. The topological polar surface area (TPSA) is 0 Å². The highest BCUT2D eigenvalue weighted by Crippen LogP contribution is 2.30. The molecule has 0 nitrogen and oxygen atoms in total. The Kier molecular flexibility index (Phi) is 7.91. The van der Waals surface area contributed by atoms with E-state index < -0.39 is 0 Å². The third-order valence-electron chi connectivity index (χ3n) is 6.45. The zero-order chi connectivity index (χ0) is 21.5. The van der Waals surface area contributed by atoms with Crippen molar-refractivity contribution in [3.8, 4) is 11.1 Å². The maximum Gasteiger partial charge on any atom is -0.00262 e. The lowest BCUT2D eigenvalue weighted by molar-refractivity contribution is 0.570. The third kappa shape index (κ3) is 5.63. The van der Waals surface area contributed by atoms with Gasteiger partial charge in [-0.3, -0.25) is 0 Å². The fourth-order valence-electron chi connectivity index (χ4n) is 4.46. The maximum absolute atomic E-state index is 4.45. The van der Waals surface area contributed by atoms with Crippen LogP contribution in [-0.2, 0) is 6.42 Å². The molecule has 0 saturated heterocycles. The van der Waals surface area contributed by atoms with E-state index in [1.54, 1.807) is 0 Å². The second kappa shape index (κ2) is 10.6. The van der Waals surface area contributed by atoms with E-state index in [1.165, 1.54) is 75.9 Å². The molecule has 0 aromatic heterocycles. The van der Waals surface area contributed by atoms with Gasteiger partial charge in [-0.25, -0.2) is 0 Å². The zero-order valence-electron chi connectivity index (χ0n) is 19.4. The normalized spacial score (nSPS) is 17.9. The first-order valence-corrected chi connectivity index (χ1v) is 11.8. The summed E-state index contributed by atoms with van der Waals surface area (Å²) in [5.41, 5.74) is 8.14. The molecule has 0 fully saturated rings. The highest BCUT2D eigenvalue weighted by Gasteiger charge is 2.13. The smallest absolute Gasteiger partial charge is 0.00262 e. The van der Waals surface area contributed by atoms with Crippen LogP contribution in [0.3, 0.4) is 0 Å². The van der Waals surface area contributed by atoms with Crippen molar-refractivity contribution in [1.29, 1.82) is 0 Å². The molecule has 0 bridgehead atoms. The van der Waals surface area contributed by atoms with Crippen molar-refractivity contribution in [2.24, 2.45) is 5.92 Å². The highest BCUT2D eigenvalue weighted by molar-refractivity contribution is 5.66. The molecule has 158 valence electrons. The number of hydrogen-bond acceptors (Lipinski definition) is 0. The van der Waals surface area contributed by atoms with E-state index in [1.807, 2.05) is 0 Å². The number of hydrogen-bond donors (Lipinski definition) is 0. The molecular weight excluding hydrogens is 360 g/mol. The Morgan fingerprint density at radius 3 is 2.60 bits per heavy atom. The van der Waals surface area contributed by atoms with Gasteiger partial charge in [0.25, 0.3) is 0 Å². The van der Waals surface area contributed by atoms with Gasteiger partial charge in [-0.1, -0.05) is 81.8 Å². The van der Waals surface area contributed by atoms with Crippen LogP contribution in [0.25, 0.3) is 23.3 Å². The van der Waals surface area contributed by atoms with Crippen molar-refractivity contribution in [3.05, 3.63) is 81.8 Å². The van der Waals surface area contributed by atoms with Gasteiger partial charge in [0.15, 0.2) is 0 Å². The van der Waals surface area contributed by atoms with Gasteiger partial charge in [0, 0.05) is 0 Å². The van der Waals surface area contributed by atoms with Gasteiger partial charge in [0.05, 0.1) is 0 Å². The number of unbranched alkanes of at least 4 members (excludes halogenated alkanes) is 2. The zero-order valence-corrected chi connectivity index (χ0v) is 19.4. The van der Waals surface area contributed by atoms with Gasteiger partial charge in [0.1, 0.15) is 0 Å². The number of rotatable bonds is 7. The standard InChI is InChI=1S/C30H38/c1-6-8-9-12-26-16-17-29(20-25(26)7-2)28-15-14-23(4)30(21-28)19-24(5)27-13-10-11-22(3)18-27/h7,12,14-18,20-22H,5-6,8-11,13,19H2,1-4H3/b25-7-,26-12+. The Labute approximate surface area is 183 Å². The van der Waals surface area contributed by atoms with Crippen LogP contribution in [0.5, 0.6) is 0 Å².